The Balaban J connectivity index is 0.735. The number of halogens is 2. The van der Waals surface area contributed by atoms with Crippen LogP contribution in [0.2, 0.25) is 0 Å². The van der Waals surface area contributed by atoms with Crippen molar-refractivity contribution in [1.29, 1.82) is 0 Å². The van der Waals surface area contributed by atoms with E-state index in [4.69, 9.17) is 16.1 Å². The number of benzene rings is 3. The van der Waals surface area contributed by atoms with Crippen LogP contribution in [-0.2, 0) is 16.6 Å². The van der Waals surface area contributed by atoms with Crippen LogP contribution in [0.1, 0.15) is 94.2 Å². The Labute approximate surface area is 409 Å². The maximum absolute atomic E-state index is 17.1. The highest BCUT2D eigenvalue weighted by Crippen LogP contribution is 2.47. The third-order valence-electron chi connectivity index (χ3n) is 16.0. The summed E-state index contributed by atoms with van der Waals surface area (Å²) in [4.78, 5) is 58.9. The maximum atomic E-state index is 17.1. The van der Waals surface area contributed by atoms with E-state index in [1.165, 1.54) is 40.6 Å². The number of amides is 2. The molecular formula is C54H59F2N9O6. The van der Waals surface area contributed by atoms with Gasteiger partial charge in [-0.3, -0.25) is 29.0 Å². The number of imidazole rings is 1. The summed E-state index contributed by atoms with van der Waals surface area (Å²) in [7, 11) is 1.74. The van der Waals surface area contributed by atoms with Gasteiger partial charge in [-0.25, -0.2) is 13.6 Å². The first-order chi connectivity index (χ1) is 34.2. The highest BCUT2D eigenvalue weighted by molar-refractivity contribution is 6.03. The summed E-state index contributed by atoms with van der Waals surface area (Å²) in [5, 5.41) is 25.2. The van der Waals surface area contributed by atoms with Crippen LogP contribution in [0.3, 0.4) is 0 Å². The molecule has 4 aliphatic heterocycles. The van der Waals surface area contributed by atoms with Crippen LogP contribution < -0.4 is 20.6 Å². The molecule has 2 amide bonds. The summed E-state index contributed by atoms with van der Waals surface area (Å²) in [6, 6.07) is 11.0. The molecule has 3 N–H and O–H groups in total. The minimum atomic E-state index is -0.986. The van der Waals surface area contributed by atoms with E-state index >= 15 is 8.78 Å². The van der Waals surface area contributed by atoms with Gasteiger partial charge in [0.05, 0.1) is 34.2 Å². The van der Waals surface area contributed by atoms with Crippen molar-refractivity contribution in [2.75, 3.05) is 63.9 Å². The standard InChI is InChI=1S/C54H59F2N9O6/c1-4-37-40(55)8-6-35-24-36(66)26-38(45(35)37)47-46(56)48-39(27-57-47)49(64-19-5-16-53(2,70)29-64)60-51(59-48)71-31-54(17-18-54)30-63-20-12-32(13-21-63)28-62-22-14-33(15-23-62)34-7-9-41-43(25-34)61(3)52(69)65(41)42-10-11-44(67)58-50(42)68/h1,6-9,24-27,32-33,42,66,70H,5,10-23,28-31H2,2-3H3,(H,58,67,68)/t42?,53-/m1/s1. The number of aromatic nitrogens is 5. The first-order valence-corrected chi connectivity index (χ1v) is 25.0. The number of pyridine rings is 1. The fraction of sp³-hybridized carbons (Fsp3) is 0.481. The van der Waals surface area contributed by atoms with Gasteiger partial charge in [-0.1, -0.05) is 18.1 Å². The fourth-order valence-corrected chi connectivity index (χ4v) is 11.9. The van der Waals surface area contributed by atoms with Crippen LogP contribution in [0, 0.1) is 35.3 Å². The zero-order valence-electron chi connectivity index (χ0n) is 40.2. The van der Waals surface area contributed by atoms with Gasteiger partial charge in [-0.15, -0.1) is 6.42 Å². The second-order valence-electron chi connectivity index (χ2n) is 21.2. The number of β-amino-alcohol motifs (C(OH)–C–C–N with tert-alkyl or cyclic N) is 1. The van der Waals surface area contributed by atoms with Crippen molar-refractivity contribution >= 4 is 50.3 Å². The zero-order valence-corrected chi connectivity index (χ0v) is 40.2. The number of fused-ring (bicyclic) bond motifs is 3. The molecule has 1 saturated carbocycles. The summed E-state index contributed by atoms with van der Waals surface area (Å²) < 4.78 is 41.7. The molecule has 5 aliphatic rings. The molecule has 0 spiro atoms. The maximum Gasteiger partial charge on any atom is 0.329 e. The summed E-state index contributed by atoms with van der Waals surface area (Å²) in [5.74, 6) is 1.45. The minimum Gasteiger partial charge on any atom is -0.508 e. The quantitative estimate of drug-likeness (QED) is 0.0948. The summed E-state index contributed by atoms with van der Waals surface area (Å²) in [6.45, 7) is 8.97. The Morgan fingerprint density at radius 1 is 0.930 bits per heavy atom. The number of ether oxygens (including phenoxy) is 1. The Kier molecular flexibility index (Phi) is 12.1. The zero-order chi connectivity index (χ0) is 49.3. The number of aromatic hydroxyl groups is 1. The van der Waals surface area contributed by atoms with E-state index in [1.807, 2.05) is 11.0 Å². The van der Waals surface area contributed by atoms with Crippen LogP contribution in [-0.4, -0.2) is 120 Å². The van der Waals surface area contributed by atoms with Crippen LogP contribution in [0.15, 0.2) is 53.5 Å². The Bertz CT molecular complexity index is 3220. The number of aliphatic hydroxyl groups is 1. The van der Waals surface area contributed by atoms with Crippen molar-refractivity contribution < 1.29 is 33.3 Å². The lowest BCUT2D eigenvalue weighted by atomic mass is 9.88. The average molecular weight is 968 g/mol. The molecule has 2 atom stereocenters. The highest BCUT2D eigenvalue weighted by atomic mass is 19.1. The molecule has 1 aliphatic carbocycles. The molecule has 4 saturated heterocycles. The van der Waals surface area contributed by atoms with Crippen LogP contribution in [0.5, 0.6) is 11.8 Å². The molecule has 6 aromatic rings. The highest BCUT2D eigenvalue weighted by Gasteiger charge is 2.46. The molecule has 15 nitrogen and oxygen atoms in total. The number of likely N-dealkylation sites (tertiary alicyclic amines) is 2. The number of terminal acetylenes is 1. The molecule has 0 bridgehead atoms. The van der Waals surface area contributed by atoms with Gasteiger partial charge in [0, 0.05) is 62.2 Å². The number of anilines is 1. The lowest BCUT2D eigenvalue weighted by Crippen LogP contribution is -2.46. The molecule has 11 rings (SSSR count). The Hall–Kier alpha value is -6.48. The SMILES string of the molecule is C#Cc1c(F)ccc2cc(O)cc(-c3ncc4c(N5CCC[C@@](C)(O)C5)nc(OCC5(CN6CCC(CN7CCC(c8ccc9c(c8)n(C)c(=O)n9C8CCC(=O)NC8=O)CC7)CC6)CC5)nc4c3F)c12. The van der Waals surface area contributed by atoms with E-state index in [9.17, 15) is 24.6 Å². The first kappa shape index (κ1) is 46.9. The molecule has 370 valence electrons. The molecule has 71 heavy (non-hydrogen) atoms. The number of rotatable bonds is 11. The Morgan fingerprint density at radius 2 is 1.70 bits per heavy atom. The number of aryl methyl sites for hydroxylation is 1. The number of imide groups is 1. The summed E-state index contributed by atoms with van der Waals surface area (Å²) >= 11 is 0. The summed E-state index contributed by atoms with van der Waals surface area (Å²) in [5.41, 5.74) is 1.27. The topological polar surface area (TPSA) is 171 Å². The van der Waals surface area contributed by atoms with Crippen LogP contribution >= 0.6 is 0 Å². The number of carbonyl (C=O) groups excluding carboxylic acids is 2. The van der Waals surface area contributed by atoms with E-state index in [-0.39, 0.29) is 69.5 Å². The number of nitrogens with one attached hydrogen (secondary N) is 1. The third kappa shape index (κ3) is 8.99. The third-order valence-corrected chi connectivity index (χ3v) is 16.0. The van der Waals surface area contributed by atoms with E-state index in [0.29, 0.717) is 66.4 Å². The normalized spacial score (nSPS) is 22.6. The number of piperidine rings is 4. The predicted molar refractivity (Wildman–Crippen MR) is 265 cm³/mol. The summed E-state index contributed by atoms with van der Waals surface area (Å²) in [6.07, 6.45) is 15.3. The van der Waals surface area contributed by atoms with Gasteiger partial charge in [0.2, 0.25) is 11.8 Å². The molecule has 1 unspecified atom stereocenters. The monoisotopic (exact) mass is 967 g/mol. The second kappa shape index (κ2) is 18.3. The van der Waals surface area contributed by atoms with Gasteiger partial charge in [0.15, 0.2) is 5.82 Å². The van der Waals surface area contributed by atoms with Gasteiger partial charge in [-0.2, -0.15) is 9.97 Å². The minimum absolute atomic E-state index is 0.0219. The molecule has 5 fully saturated rings. The van der Waals surface area contributed by atoms with Crippen molar-refractivity contribution in [1.82, 2.24) is 39.2 Å². The number of nitrogens with zero attached hydrogens (tertiary/aromatic N) is 8. The smallest absolute Gasteiger partial charge is 0.329 e. The van der Waals surface area contributed by atoms with E-state index in [1.54, 1.807) is 18.5 Å². The van der Waals surface area contributed by atoms with Gasteiger partial charge >= 0.3 is 11.7 Å². The predicted octanol–water partition coefficient (Wildman–Crippen LogP) is 6.54. The van der Waals surface area contributed by atoms with Gasteiger partial charge in [0.1, 0.15) is 34.6 Å². The van der Waals surface area contributed by atoms with Crippen LogP contribution in [0.4, 0.5) is 14.6 Å². The van der Waals surface area contributed by atoms with Crippen molar-refractivity contribution in [2.45, 2.75) is 88.7 Å². The van der Waals surface area contributed by atoms with Gasteiger partial charge in [0.25, 0.3) is 0 Å². The first-order valence-electron chi connectivity index (χ1n) is 25.0. The van der Waals surface area contributed by atoms with Crippen LogP contribution in [0.25, 0.3) is 44.0 Å². The lowest BCUT2D eigenvalue weighted by Gasteiger charge is -2.38. The van der Waals surface area contributed by atoms with Crippen molar-refractivity contribution in [3.05, 3.63) is 81.9 Å². The number of phenols is 1. The van der Waals surface area contributed by atoms with Gasteiger partial charge in [-0.05, 0) is 144 Å². The molecule has 3 aromatic carbocycles. The largest absolute Gasteiger partial charge is 0.508 e. The average Bonchev–Trinajstić information content (AvgIpc) is 4.08. The molecular weight excluding hydrogens is 909 g/mol. The molecule has 0 radical (unpaired) electrons. The lowest BCUT2D eigenvalue weighted by molar-refractivity contribution is -0.135. The number of carbonyl (C=O) groups is 2. The molecule has 7 heterocycles. The van der Waals surface area contributed by atoms with Crippen molar-refractivity contribution in [3.63, 3.8) is 0 Å². The van der Waals surface area contributed by atoms with Crippen molar-refractivity contribution in [3.8, 4) is 35.4 Å². The number of phenolic OH excluding ortho intramolecular Hbond substituents is 1. The van der Waals surface area contributed by atoms with E-state index < -0.39 is 29.2 Å². The number of hydrogen-bond donors (Lipinski definition) is 3. The molecule has 17 heteroatoms. The van der Waals surface area contributed by atoms with Crippen molar-refractivity contribution in [2.24, 2.45) is 18.4 Å². The van der Waals surface area contributed by atoms with E-state index in [2.05, 4.69) is 43.1 Å². The fourth-order valence-electron chi connectivity index (χ4n) is 11.9. The van der Waals surface area contributed by atoms with Gasteiger partial charge < -0.3 is 29.6 Å². The number of hydrogen-bond acceptors (Lipinski definition) is 12. The second-order valence-corrected chi connectivity index (χ2v) is 21.2. The molecule has 3 aromatic heterocycles. The van der Waals surface area contributed by atoms with E-state index in [0.717, 1.165) is 83.3 Å². The Morgan fingerprint density at radius 3 is 2.44 bits per heavy atom.